The lowest BCUT2D eigenvalue weighted by atomic mass is 10.1. The van der Waals surface area contributed by atoms with Crippen LogP contribution in [0.4, 0.5) is 0 Å². The van der Waals surface area contributed by atoms with Crippen LogP contribution in [0.5, 0.6) is 11.5 Å². The molecular weight excluding hydrogens is 517 g/mol. The van der Waals surface area contributed by atoms with Crippen molar-refractivity contribution in [3.63, 3.8) is 0 Å². The maximum absolute atomic E-state index is 6.04. The Labute approximate surface area is 209 Å². The smallest absolute Gasteiger partial charge is 0.188 e. The third-order valence-corrected chi connectivity index (χ3v) is 5.62. The highest BCUT2D eigenvalue weighted by molar-refractivity contribution is 14.0. The van der Waals surface area contributed by atoms with E-state index < -0.39 is 0 Å². The van der Waals surface area contributed by atoms with Gasteiger partial charge in [-0.25, -0.2) is 4.99 Å². The minimum absolute atomic E-state index is 0. The van der Waals surface area contributed by atoms with Gasteiger partial charge in [0.25, 0.3) is 0 Å². The van der Waals surface area contributed by atoms with Crippen molar-refractivity contribution in [2.24, 2.45) is 10.7 Å². The first-order valence-corrected chi connectivity index (χ1v) is 10.8. The molecule has 0 radical (unpaired) electrons. The molecule has 8 heteroatoms. The number of hydrogen-bond acceptors (Lipinski definition) is 5. The van der Waals surface area contributed by atoms with Crippen LogP contribution in [0.1, 0.15) is 16.7 Å². The second-order valence-corrected chi connectivity index (χ2v) is 7.96. The van der Waals surface area contributed by atoms with Gasteiger partial charge in [0.2, 0.25) is 0 Å². The molecule has 0 bridgehead atoms. The number of halogens is 1. The van der Waals surface area contributed by atoms with E-state index in [1.807, 2.05) is 18.2 Å². The Kier molecular flexibility index (Phi) is 11.1. The summed E-state index contributed by atoms with van der Waals surface area (Å²) in [6, 6.07) is 14.6. The minimum Gasteiger partial charge on any atom is -0.493 e. The third-order valence-electron chi connectivity index (χ3n) is 5.62. The summed E-state index contributed by atoms with van der Waals surface area (Å²) in [6.07, 6.45) is 0.817. The molecule has 1 heterocycles. The molecule has 1 aliphatic rings. The largest absolute Gasteiger partial charge is 0.493 e. The number of nitrogens with one attached hydrogen (secondary N) is 1. The number of hydrogen-bond donors (Lipinski definition) is 2. The Morgan fingerprint density at radius 3 is 2.22 bits per heavy atom. The van der Waals surface area contributed by atoms with Crippen molar-refractivity contribution in [1.82, 2.24) is 15.1 Å². The molecule has 0 unspecified atom stereocenters. The van der Waals surface area contributed by atoms with Gasteiger partial charge in [0.15, 0.2) is 17.5 Å². The molecule has 0 aromatic heterocycles. The first-order chi connectivity index (χ1) is 15.1. The van der Waals surface area contributed by atoms with Gasteiger partial charge in [-0.15, -0.1) is 24.0 Å². The van der Waals surface area contributed by atoms with Crippen molar-refractivity contribution in [3.8, 4) is 11.5 Å². The van der Waals surface area contributed by atoms with Gasteiger partial charge < -0.3 is 25.4 Å². The van der Waals surface area contributed by atoms with Gasteiger partial charge in [-0.3, -0.25) is 4.90 Å². The molecule has 0 spiro atoms. The van der Waals surface area contributed by atoms with Crippen LogP contribution in [0, 0.1) is 0 Å². The Morgan fingerprint density at radius 1 is 0.938 bits per heavy atom. The molecule has 7 nitrogen and oxygen atoms in total. The fourth-order valence-electron chi connectivity index (χ4n) is 3.62. The van der Waals surface area contributed by atoms with Gasteiger partial charge in [-0.05, 0) is 42.3 Å². The zero-order chi connectivity index (χ0) is 22.1. The van der Waals surface area contributed by atoms with Crippen LogP contribution in [0.3, 0.4) is 0 Å². The van der Waals surface area contributed by atoms with Crippen LogP contribution in [0.25, 0.3) is 0 Å². The van der Waals surface area contributed by atoms with Crippen LogP contribution in [-0.2, 0) is 19.5 Å². The van der Waals surface area contributed by atoms with E-state index in [4.69, 9.17) is 15.2 Å². The molecule has 32 heavy (non-hydrogen) atoms. The first-order valence-electron chi connectivity index (χ1n) is 10.8. The van der Waals surface area contributed by atoms with Gasteiger partial charge in [0.05, 0.1) is 20.8 Å². The van der Waals surface area contributed by atoms with E-state index in [2.05, 4.69) is 51.4 Å². The van der Waals surface area contributed by atoms with Crippen molar-refractivity contribution in [3.05, 3.63) is 59.2 Å². The first kappa shape index (κ1) is 26.2. The average Bonchev–Trinajstić information content (AvgIpc) is 2.80. The Morgan fingerprint density at radius 2 is 1.56 bits per heavy atom. The van der Waals surface area contributed by atoms with E-state index in [0.717, 1.165) is 61.8 Å². The topological polar surface area (TPSA) is 75.4 Å². The standard InChI is InChI=1S/C24H35N5O2.HI/c1-28-12-14-29(15-13-28)18-21-6-4-20(5-7-21)17-27-24(25)26-11-10-19-8-9-22(30-2)23(16-19)31-3;/h4-9,16H,10-15,17-18H2,1-3H3,(H3,25,26,27);1H. The van der Waals surface area contributed by atoms with Crippen molar-refractivity contribution in [2.45, 2.75) is 19.5 Å². The van der Waals surface area contributed by atoms with E-state index in [0.29, 0.717) is 19.0 Å². The average molecular weight is 553 g/mol. The van der Waals surface area contributed by atoms with Gasteiger partial charge >= 0.3 is 0 Å². The summed E-state index contributed by atoms with van der Waals surface area (Å²) in [4.78, 5) is 9.35. The summed E-state index contributed by atoms with van der Waals surface area (Å²) >= 11 is 0. The number of ether oxygens (including phenoxy) is 2. The van der Waals surface area contributed by atoms with Crippen LogP contribution in [0.15, 0.2) is 47.5 Å². The molecule has 1 saturated heterocycles. The molecule has 1 fully saturated rings. The molecule has 176 valence electrons. The number of rotatable bonds is 9. The number of aliphatic imine (C=N–C) groups is 1. The number of piperazine rings is 1. The molecule has 0 saturated carbocycles. The van der Waals surface area contributed by atoms with E-state index >= 15 is 0 Å². The monoisotopic (exact) mass is 553 g/mol. The van der Waals surface area contributed by atoms with E-state index in [9.17, 15) is 0 Å². The minimum atomic E-state index is 0. The van der Waals surface area contributed by atoms with E-state index in [1.54, 1.807) is 14.2 Å². The fourth-order valence-corrected chi connectivity index (χ4v) is 3.62. The number of likely N-dealkylation sites (N-methyl/N-ethyl adjacent to an activating group) is 1. The lowest BCUT2D eigenvalue weighted by Gasteiger charge is -2.32. The zero-order valence-electron chi connectivity index (χ0n) is 19.3. The van der Waals surface area contributed by atoms with Gasteiger partial charge in [0, 0.05) is 39.3 Å². The Balaban J connectivity index is 0.00000363. The lowest BCUT2D eigenvalue weighted by Crippen LogP contribution is -2.43. The maximum atomic E-state index is 6.04. The fraction of sp³-hybridized carbons (Fsp3) is 0.458. The third kappa shape index (κ3) is 8.14. The van der Waals surface area contributed by atoms with Crippen LogP contribution < -0.4 is 20.5 Å². The zero-order valence-corrected chi connectivity index (χ0v) is 21.7. The number of guanidine groups is 1. The van der Waals surface area contributed by atoms with Crippen LogP contribution in [0.2, 0.25) is 0 Å². The Bertz CT molecular complexity index is 852. The molecule has 3 rings (SSSR count). The highest BCUT2D eigenvalue weighted by Crippen LogP contribution is 2.27. The second-order valence-electron chi connectivity index (χ2n) is 7.96. The van der Waals surface area contributed by atoms with Crippen molar-refractivity contribution >= 4 is 29.9 Å². The molecule has 1 aliphatic heterocycles. The second kappa shape index (κ2) is 13.5. The normalized spacial score (nSPS) is 15.2. The van der Waals surface area contributed by atoms with Crippen LogP contribution >= 0.6 is 24.0 Å². The van der Waals surface area contributed by atoms with Gasteiger partial charge in [-0.1, -0.05) is 30.3 Å². The van der Waals surface area contributed by atoms with Gasteiger partial charge in [0.1, 0.15) is 0 Å². The highest BCUT2D eigenvalue weighted by atomic mass is 127. The van der Waals surface area contributed by atoms with Gasteiger partial charge in [-0.2, -0.15) is 0 Å². The summed E-state index contributed by atoms with van der Waals surface area (Å²) in [7, 11) is 5.46. The molecule has 0 aliphatic carbocycles. The van der Waals surface area contributed by atoms with Crippen LogP contribution in [-0.4, -0.2) is 69.8 Å². The SMILES string of the molecule is COc1ccc(CCNC(N)=NCc2ccc(CN3CCN(C)CC3)cc2)cc1OC.I. The molecule has 0 amide bonds. The summed E-state index contributed by atoms with van der Waals surface area (Å²) in [6.45, 7) is 6.84. The summed E-state index contributed by atoms with van der Waals surface area (Å²) in [5, 5.41) is 3.18. The number of nitrogens with two attached hydrogens (primary N) is 1. The summed E-state index contributed by atoms with van der Waals surface area (Å²) in [5.41, 5.74) is 9.69. The maximum Gasteiger partial charge on any atom is 0.188 e. The van der Waals surface area contributed by atoms with Crippen molar-refractivity contribution < 1.29 is 9.47 Å². The summed E-state index contributed by atoms with van der Waals surface area (Å²) in [5.74, 6) is 1.93. The predicted molar refractivity (Wildman–Crippen MR) is 141 cm³/mol. The van der Waals surface area contributed by atoms with E-state index in [1.165, 1.54) is 5.56 Å². The molecule has 2 aromatic rings. The molecule has 3 N–H and O–H groups in total. The van der Waals surface area contributed by atoms with E-state index in [-0.39, 0.29) is 24.0 Å². The Hall–Kier alpha value is -2.04. The highest BCUT2D eigenvalue weighted by Gasteiger charge is 2.13. The lowest BCUT2D eigenvalue weighted by molar-refractivity contribution is 0.148. The number of benzene rings is 2. The molecule has 0 atom stereocenters. The predicted octanol–water partition coefficient (Wildman–Crippen LogP) is 2.72. The molecule has 2 aromatic carbocycles. The number of methoxy groups -OCH3 is 2. The number of nitrogens with zero attached hydrogens (tertiary/aromatic N) is 3. The van der Waals surface area contributed by atoms with Crippen molar-refractivity contribution in [1.29, 1.82) is 0 Å². The summed E-state index contributed by atoms with van der Waals surface area (Å²) < 4.78 is 10.6. The van der Waals surface area contributed by atoms with Crippen molar-refractivity contribution in [2.75, 3.05) is 54.0 Å². The quantitative estimate of drug-likeness (QED) is 0.283. The molecular formula is C24H36IN5O2.